The van der Waals surface area contributed by atoms with Gasteiger partial charge in [0.05, 0.1) is 11.1 Å². The van der Waals surface area contributed by atoms with E-state index in [9.17, 15) is 0 Å². The van der Waals surface area contributed by atoms with E-state index in [-0.39, 0.29) is 6.10 Å². The van der Waals surface area contributed by atoms with Gasteiger partial charge in [0, 0.05) is 12.8 Å². The Kier molecular flexibility index (Phi) is 4.15. The van der Waals surface area contributed by atoms with E-state index in [0.717, 1.165) is 17.0 Å². The van der Waals surface area contributed by atoms with Crippen molar-refractivity contribution in [1.82, 2.24) is 0 Å². The molecule has 0 fully saturated rings. The number of rotatable bonds is 3. The Morgan fingerprint density at radius 2 is 2.07 bits per heavy atom. The van der Waals surface area contributed by atoms with Crippen LogP contribution in [-0.2, 0) is 0 Å². The Morgan fingerprint density at radius 1 is 1.40 bits per heavy atom. The van der Waals surface area contributed by atoms with Gasteiger partial charge in [0.1, 0.15) is 5.75 Å². The molecule has 0 saturated carbocycles. The van der Waals surface area contributed by atoms with Gasteiger partial charge in [-0.25, -0.2) is 0 Å². The zero-order valence-electron chi connectivity index (χ0n) is 9.54. The van der Waals surface area contributed by atoms with Crippen LogP contribution < -0.4 is 4.74 Å². The van der Waals surface area contributed by atoms with Crippen molar-refractivity contribution in [3.05, 3.63) is 28.8 Å². The van der Waals surface area contributed by atoms with Gasteiger partial charge in [0.15, 0.2) is 0 Å². The van der Waals surface area contributed by atoms with Crippen molar-refractivity contribution in [2.45, 2.75) is 26.9 Å². The lowest BCUT2D eigenvalue weighted by atomic mass is 10.1. The monoisotopic (exact) mass is 225 g/mol. The average Bonchev–Trinajstić information content (AvgIpc) is 2.19. The minimum absolute atomic E-state index is 0.134. The summed E-state index contributed by atoms with van der Waals surface area (Å²) in [7, 11) is 1.77. The first kappa shape index (κ1) is 12.1. The number of nitrogens with zero attached hydrogens (tertiary/aromatic N) is 1. The van der Waals surface area contributed by atoms with Crippen LogP contribution in [0.25, 0.3) is 0 Å². The van der Waals surface area contributed by atoms with Gasteiger partial charge in [-0.1, -0.05) is 11.6 Å². The van der Waals surface area contributed by atoms with E-state index in [4.69, 9.17) is 16.3 Å². The van der Waals surface area contributed by atoms with Gasteiger partial charge in [0.25, 0.3) is 0 Å². The molecule has 0 heterocycles. The molecule has 15 heavy (non-hydrogen) atoms. The first-order chi connectivity index (χ1) is 7.04. The third-order valence-corrected chi connectivity index (χ3v) is 2.34. The highest BCUT2D eigenvalue weighted by Crippen LogP contribution is 2.26. The van der Waals surface area contributed by atoms with Crippen molar-refractivity contribution in [2.24, 2.45) is 4.99 Å². The normalized spacial score (nSPS) is 12.0. The lowest BCUT2D eigenvalue weighted by Gasteiger charge is -2.12. The largest absolute Gasteiger partial charge is 0.489 e. The van der Waals surface area contributed by atoms with Gasteiger partial charge in [-0.3, -0.25) is 4.99 Å². The second kappa shape index (κ2) is 5.17. The predicted octanol–water partition coefficient (Wildman–Crippen LogP) is 3.57. The molecule has 0 spiro atoms. The highest BCUT2D eigenvalue weighted by Gasteiger charge is 2.05. The van der Waals surface area contributed by atoms with E-state index >= 15 is 0 Å². The number of ether oxygens (including phenoxy) is 1. The zero-order chi connectivity index (χ0) is 11.4. The summed E-state index contributed by atoms with van der Waals surface area (Å²) >= 11 is 6.09. The Hall–Kier alpha value is -1.02. The van der Waals surface area contributed by atoms with Crippen molar-refractivity contribution in [3.63, 3.8) is 0 Å². The number of benzene rings is 1. The van der Waals surface area contributed by atoms with Gasteiger partial charge >= 0.3 is 0 Å². The molecule has 82 valence electrons. The van der Waals surface area contributed by atoms with Crippen LogP contribution in [0.15, 0.2) is 23.2 Å². The van der Waals surface area contributed by atoms with Crippen LogP contribution in [0, 0.1) is 0 Å². The number of hydrogen-bond acceptors (Lipinski definition) is 2. The molecule has 1 aromatic rings. The van der Waals surface area contributed by atoms with Crippen LogP contribution in [0.1, 0.15) is 26.3 Å². The minimum atomic E-state index is 0.134. The lowest BCUT2D eigenvalue weighted by molar-refractivity contribution is 0.242. The molecular formula is C12H16ClNO. The molecule has 0 bridgehead atoms. The second-order valence-corrected chi connectivity index (χ2v) is 4.03. The SMILES string of the molecule is CN=C(C)c1ccc(OC(C)C)c(Cl)c1. The Labute approximate surface area is 95.9 Å². The lowest BCUT2D eigenvalue weighted by Crippen LogP contribution is -2.06. The van der Waals surface area contributed by atoms with Crippen molar-refractivity contribution < 1.29 is 4.74 Å². The molecule has 0 unspecified atom stereocenters. The standard InChI is InChI=1S/C12H16ClNO/c1-8(2)15-12-6-5-10(7-11(12)13)9(3)14-4/h5-8H,1-4H3. The fourth-order valence-electron chi connectivity index (χ4n) is 1.20. The molecule has 0 amide bonds. The summed E-state index contributed by atoms with van der Waals surface area (Å²) in [6, 6.07) is 5.72. The zero-order valence-corrected chi connectivity index (χ0v) is 10.3. The van der Waals surface area contributed by atoms with Crippen LogP contribution in [0.3, 0.4) is 0 Å². The van der Waals surface area contributed by atoms with E-state index in [0.29, 0.717) is 5.02 Å². The third kappa shape index (κ3) is 3.24. The average molecular weight is 226 g/mol. The van der Waals surface area contributed by atoms with Crippen LogP contribution in [-0.4, -0.2) is 18.9 Å². The van der Waals surface area contributed by atoms with E-state index in [1.54, 1.807) is 7.05 Å². The molecule has 1 aromatic carbocycles. The van der Waals surface area contributed by atoms with Crippen molar-refractivity contribution in [2.75, 3.05) is 7.05 Å². The summed E-state index contributed by atoms with van der Waals surface area (Å²) < 4.78 is 5.54. The Bertz CT molecular complexity index is 372. The van der Waals surface area contributed by atoms with Crippen LogP contribution >= 0.6 is 11.6 Å². The van der Waals surface area contributed by atoms with E-state index in [1.165, 1.54) is 0 Å². The maximum Gasteiger partial charge on any atom is 0.138 e. The molecule has 3 heteroatoms. The molecule has 0 aliphatic carbocycles. The summed E-state index contributed by atoms with van der Waals surface area (Å²) in [6.07, 6.45) is 0.134. The molecule has 0 saturated heterocycles. The van der Waals surface area contributed by atoms with Gasteiger partial charge in [-0.05, 0) is 44.5 Å². The van der Waals surface area contributed by atoms with Crippen LogP contribution in [0.5, 0.6) is 5.75 Å². The quantitative estimate of drug-likeness (QED) is 0.721. The summed E-state index contributed by atoms with van der Waals surface area (Å²) in [5.41, 5.74) is 1.99. The van der Waals surface area contributed by atoms with Gasteiger partial charge < -0.3 is 4.74 Å². The number of aliphatic imine (C=N–C) groups is 1. The van der Waals surface area contributed by atoms with Crippen LogP contribution in [0.4, 0.5) is 0 Å². The maximum atomic E-state index is 6.09. The van der Waals surface area contributed by atoms with Crippen LogP contribution in [0.2, 0.25) is 5.02 Å². The fraction of sp³-hybridized carbons (Fsp3) is 0.417. The molecule has 1 rings (SSSR count). The predicted molar refractivity (Wildman–Crippen MR) is 65.4 cm³/mol. The minimum Gasteiger partial charge on any atom is -0.489 e. The second-order valence-electron chi connectivity index (χ2n) is 3.62. The molecule has 0 radical (unpaired) electrons. The molecule has 0 N–H and O–H groups in total. The van der Waals surface area contributed by atoms with E-state index in [1.807, 2.05) is 39.0 Å². The highest BCUT2D eigenvalue weighted by molar-refractivity contribution is 6.32. The van der Waals surface area contributed by atoms with Gasteiger partial charge in [-0.15, -0.1) is 0 Å². The summed E-state index contributed by atoms with van der Waals surface area (Å²) in [5, 5.41) is 0.629. The molecule has 0 aromatic heterocycles. The summed E-state index contributed by atoms with van der Waals surface area (Å²) in [6.45, 7) is 5.90. The number of hydrogen-bond donors (Lipinski definition) is 0. The van der Waals surface area contributed by atoms with Gasteiger partial charge in [0.2, 0.25) is 0 Å². The number of halogens is 1. The topological polar surface area (TPSA) is 21.6 Å². The summed E-state index contributed by atoms with van der Waals surface area (Å²) in [5.74, 6) is 0.722. The van der Waals surface area contributed by atoms with Crippen molar-refractivity contribution in [3.8, 4) is 5.75 Å². The first-order valence-electron chi connectivity index (χ1n) is 4.94. The smallest absolute Gasteiger partial charge is 0.138 e. The highest BCUT2D eigenvalue weighted by atomic mass is 35.5. The van der Waals surface area contributed by atoms with E-state index in [2.05, 4.69) is 4.99 Å². The van der Waals surface area contributed by atoms with E-state index < -0.39 is 0 Å². The molecule has 0 aliphatic heterocycles. The molecule has 0 atom stereocenters. The van der Waals surface area contributed by atoms with Crippen molar-refractivity contribution >= 4 is 17.3 Å². The summed E-state index contributed by atoms with van der Waals surface area (Å²) in [4.78, 5) is 4.11. The molecular weight excluding hydrogens is 210 g/mol. The Balaban J connectivity index is 2.98. The maximum absolute atomic E-state index is 6.09. The molecule has 0 aliphatic rings. The first-order valence-corrected chi connectivity index (χ1v) is 5.32. The Morgan fingerprint density at radius 3 is 2.53 bits per heavy atom. The van der Waals surface area contributed by atoms with Gasteiger partial charge in [-0.2, -0.15) is 0 Å². The van der Waals surface area contributed by atoms with Crippen molar-refractivity contribution in [1.29, 1.82) is 0 Å². The third-order valence-electron chi connectivity index (χ3n) is 2.05. The molecule has 2 nitrogen and oxygen atoms in total. The fourth-order valence-corrected chi connectivity index (χ4v) is 1.43.